The Hall–Kier alpha value is -2.08. The Morgan fingerprint density at radius 3 is 2.70 bits per heavy atom. The Morgan fingerprint density at radius 1 is 1.40 bits per heavy atom. The van der Waals surface area contributed by atoms with E-state index in [1.54, 1.807) is 12.1 Å². The molecule has 2 rings (SSSR count). The second-order valence-corrected chi connectivity index (χ2v) is 5.02. The van der Waals surface area contributed by atoms with Crippen molar-refractivity contribution in [2.75, 3.05) is 19.6 Å². The fraction of sp³-hybridized carbons (Fsp3) is 0.429. The molecule has 1 aliphatic heterocycles. The van der Waals surface area contributed by atoms with Crippen LogP contribution in [0.1, 0.15) is 22.8 Å². The van der Waals surface area contributed by atoms with Crippen molar-refractivity contribution in [3.63, 3.8) is 0 Å². The molecule has 108 valence electrons. The third-order valence-electron chi connectivity index (χ3n) is 3.32. The summed E-state index contributed by atoms with van der Waals surface area (Å²) in [7, 11) is 0. The van der Waals surface area contributed by atoms with Gasteiger partial charge in [0.1, 0.15) is 0 Å². The minimum Gasteiger partial charge on any atom is -0.352 e. The number of nitrogens with two attached hydrogens (primary N) is 1. The lowest BCUT2D eigenvalue weighted by Gasteiger charge is -2.32. The van der Waals surface area contributed by atoms with Crippen LogP contribution in [-0.2, 0) is 6.54 Å². The molecule has 1 heterocycles. The monoisotopic (exact) mass is 276 g/mol. The molecule has 1 aromatic rings. The van der Waals surface area contributed by atoms with Crippen molar-refractivity contribution in [3.05, 3.63) is 35.4 Å². The summed E-state index contributed by atoms with van der Waals surface area (Å²) in [4.78, 5) is 24.8. The van der Waals surface area contributed by atoms with Gasteiger partial charge in [-0.05, 0) is 24.6 Å². The third-order valence-corrected chi connectivity index (χ3v) is 3.32. The number of urea groups is 1. The van der Waals surface area contributed by atoms with Crippen molar-refractivity contribution in [2.45, 2.75) is 19.5 Å². The Morgan fingerprint density at radius 2 is 2.10 bits per heavy atom. The minimum atomic E-state index is -0.556. The Kier molecular flexibility index (Phi) is 4.57. The Labute approximate surface area is 118 Å². The van der Waals surface area contributed by atoms with Gasteiger partial charge in [0, 0.05) is 37.8 Å². The van der Waals surface area contributed by atoms with Crippen LogP contribution in [0.25, 0.3) is 0 Å². The first-order chi connectivity index (χ1) is 9.56. The van der Waals surface area contributed by atoms with E-state index in [-0.39, 0.29) is 5.91 Å². The smallest absolute Gasteiger partial charge is 0.312 e. The number of rotatable bonds is 3. The number of primary amides is 1. The molecule has 1 saturated heterocycles. The Bertz CT molecular complexity index is 486. The summed E-state index contributed by atoms with van der Waals surface area (Å²) in [5.41, 5.74) is 6.59. The van der Waals surface area contributed by atoms with Gasteiger partial charge in [-0.15, -0.1) is 0 Å². The van der Waals surface area contributed by atoms with Crippen LogP contribution in [0.15, 0.2) is 24.3 Å². The van der Waals surface area contributed by atoms with Crippen LogP contribution in [0.3, 0.4) is 0 Å². The van der Waals surface area contributed by atoms with E-state index in [1.165, 1.54) is 0 Å². The zero-order valence-electron chi connectivity index (χ0n) is 11.6. The lowest BCUT2D eigenvalue weighted by atomic mass is 10.1. The summed E-state index contributed by atoms with van der Waals surface area (Å²) in [5.74, 6) is 0.0489. The van der Waals surface area contributed by atoms with Gasteiger partial charge in [0.05, 0.1) is 0 Å². The van der Waals surface area contributed by atoms with Gasteiger partial charge in [0.15, 0.2) is 0 Å². The molecule has 0 aliphatic carbocycles. The number of benzene rings is 1. The number of amides is 3. The number of hydrogen-bond donors (Lipinski definition) is 3. The SMILES string of the molecule is CC1CN(C(=O)c2ccc(CNC(N)=O)cc2)CCN1. The molecule has 1 unspecified atom stereocenters. The highest BCUT2D eigenvalue weighted by atomic mass is 16.2. The van der Waals surface area contributed by atoms with Crippen LogP contribution in [0, 0.1) is 0 Å². The molecule has 3 amide bonds. The molecule has 0 bridgehead atoms. The molecular weight excluding hydrogens is 256 g/mol. The molecule has 20 heavy (non-hydrogen) atoms. The molecule has 4 N–H and O–H groups in total. The normalized spacial score (nSPS) is 18.6. The first-order valence-corrected chi connectivity index (χ1v) is 6.71. The number of piperazine rings is 1. The van der Waals surface area contributed by atoms with Gasteiger partial charge in [-0.3, -0.25) is 4.79 Å². The summed E-state index contributed by atoms with van der Waals surface area (Å²) in [6, 6.07) is 7.00. The Balaban J connectivity index is 1.98. The van der Waals surface area contributed by atoms with Gasteiger partial charge in [-0.2, -0.15) is 0 Å². The van der Waals surface area contributed by atoms with Crippen molar-refractivity contribution < 1.29 is 9.59 Å². The zero-order chi connectivity index (χ0) is 14.5. The fourth-order valence-electron chi connectivity index (χ4n) is 2.25. The van der Waals surface area contributed by atoms with Gasteiger partial charge in [0.2, 0.25) is 0 Å². The van der Waals surface area contributed by atoms with Crippen molar-refractivity contribution in [1.82, 2.24) is 15.5 Å². The first-order valence-electron chi connectivity index (χ1n) is 6.71. The average Bonchev–Trinajstić information content (AvgIpc) is 2.45. The number of carbonyl (C=O) groups is 2. The van der Waals surface area contributed by atoms with Crippen LogP contribution < -0.4 is 16.4 Å². The van der Waals surface area contributed by atoms with Crippen molar-refractivity contribution in [2.24, 2.45) is 5.73 Å². The fourth-order valence-corrected chi connectivity index (χ4v) is 2.25. The van der Waals surface area contributed by atoms with Crippen LogP contribution in [0.4, 0.5) is 4.79 Å². The largest absolute Gasteiger partial charge is 0.352 e. The van der Waals surface area contributed by atoms with E-state index in [0.717, 1.165) is 25.2 Å². The van der Waals surface area contributed by atoms with E-state index in [2.05, 4.69) is 17.6 Å². The lowest BCUT2D eigenvalue weighted by Crippen LogP contribution is -2.51. The number of nitrogens with zero attached hydrogens (tertiary/aromatic N) is 1. The highest BCUT2D eigenvalue weighted by Gasteiger charge is 2.21. The van der Waals surface area contributed by atoms with Crippen molar-refractivity contribution in [3.8, 4) is 0 Å². The van der Waals surface area contributed by atoms with Gasteiger partial charge in [0.25, 0.3) is 5.91 Å². The average molecular weight is 276 g/mol. The first kappa shape index (κ1) is 14.3. The van der Waals surface area contributed by atoms with Crippen LogP contribution in [0.5, 0.6) is 0 Å². The van der Waals surface area contributed by atoms with Crippen molar-refractivity contribution >= 4 is 11.9 Å². The standard InChI is InChI=1S/C14H20N4O2/c1-10-9-18(7-6-16-10)13(19)12-4-2-11(3-5-12)8-17-14(15)20/h2-5,10,16H,6-9H2,1H3,(H3,15,17,20). The molecule has 0 aromatic heterocycles. The summed E-state index contributed by atoms with van der Waals surface area (Å²) in [6.45, 7) is 4.72. The van der Waals surface area contributed by atoms with Gasteiger partial charge in [-0.25, -0.2) is 4.79 Å². The predicted molar refractivity (Wildman–Crippen MR) is 76.2 cm³/mol. The molecular formula is C14H20N4O2. The maximum Gasteiger partial charge on any atom is 0.312 e. The zero-order valence-corrected chi connectivity index (χ0v) is 11.6. The van der Waals surface area contributed by atoms with Gasteiger partial charge < -0.3 is 21.3 Å². The molecule has 0 radical (unpaired) electrons. The van der Waals surface area contributed by atoms with E-state index >= 15 is 0 Å². The second kappa shape index (κ2) is 6.38. The lowest BCUT2D eigenvalue weighted by molar-refractivity contribution is 0.0709. The number of carbonyl (C=O) groups excluding carboxylic acids is 2. The molecule has 1 aliphatic rings. The van der Waals surface area contributed by atoms with E-state index in [4.69, 9.17) is 5.73 Å². The summed E-state index contributed by atoms with van der Waals surface area (Å²) in [5, 5.41) is 5.82. The van der Waals surface area contributed by atoms with Gasteiger partial charge in [-0.1, -0.05) is 12.1 Å². The topological polar surface area (TPSA) is 87.5 Å². The quantitative estimate of drug-likeness (QED) is 0.741. The summed E-state index contributed by atoms with van der Waals surface area (Å²) in [6.07, 6.45) is 0. The predicted octanol–water partition coefficient (Wildman–Crippen LogP) is 0.289. The highest BCUT2D eigenvalue weighted by molar-refractivity contribution is 5.94. The van der Waals surface area contributed by atoms with E-state index in [0.29, 0.717) is 18.2 Å². The molecule has 1 aromatic carbocycles. The summed E-state index contributed by atoms with van der Waals surface area (Å²) >= 11 is 0. The van der Waals surface area contributed by atoms with Crippen LogP contribution >= 0.6 is 0 Å². The maximum atomic E-state index is 12.3. The molecule has 6 nitrogen and oxygen atoms in total. The van der Waals surface area contributed by atoms with E-state index in [9.17, 15) is 9.59 Å². The number of nitrogens with one attached hydrogen (secondary N) is 2. The van der Waals surface area contributed by atoms with Gasteiger partial charge >= 0.3 is 6.03 Å². The second-order valence-electron chi connectivity index (χ2n) is 5.02. The third kappa shape index (κ3) is 3.71. The van der Waals surface area contributed by atoms with E-state index < -0.39 is 6.03 Å². The highest BCUT2D eigenvalue weighted by Crippen LogP contribution is 2.10. The molecule has 1 fully saturated rings. The number of hydrogen-bond acceptors (Lipinski definition) is 3. The molecule has 6 heteroatoms. The van der Waals surface area contributed by atoms with Crippen LogP contribution in [0.2, 0.25) is 0 Å². The summed E-state index contributed by atoms with van der Waals surface area (Å²) < 4.78 is 0. The van der Waals surface area contributed by atoms with E-state index in [1.807, 2.05) is 17.0 Å². The molecule has 1 atom stereocenters. The molecule has 0 spiro atoms. The minimum absolute atomic E-state index is 0.0489. The molecule has 0 saturated carbocycles. The maximum absolute atomic E-state index is 12.3. The van der Waals surface area contributed by atoms with Crippen LogP contribution in [-0.4, -0.2) is 42.5 Å². The van der Waals surface area contributed by atoms with Crippen molar-refractivity contribution in [1.29, 1.82) is 0 Å².